The van der Waals surface area contributed by atoms with E-state index in [2.05, 4.69) is 5.32 Å². The summed E-state index contributed by atoms with van der Waals surface area (Å²) < 4.78 is 78.6. The summed E-state index contributed by atoms with van der Waals surface area (Å²) in [7, 11) is 0. The van der Waals surface area contributed by atoms with Crippen molar-refractivity contribution in [3.8, 4) is 0 Å². The van der Waals surface area contributed by atoms with E-state index in [0.717, 1.165) is 11.1 Å². The van der Waals surface area contributed by atoms with Gasteiger partial charge in [0.2, 0.25) is 0 Å². The highest BCUT2D eigenvalue weighted by Gasteiger charge is 2.37. The highest BCUT2D eigenvalue weighted by atomic mass is 19.4. The van der Waals surface area contributed by atoms with E-state index in [-0.39, 0.29) is 24.2 Å². The lowest BCUT2D eigenvalue weighted by Gasteiger charge is -2.29. The third-order valence-corrected chi connectivity index (χ3v) is 5.63. The highest BCUT2D eigenvalue weighted by Crippen LogP contribution is 2.36. The van der Waals surface area contributed by atoms with Crippen LogP contribution < -0.4 is 5.32 Å². The van der Waals surface area contributed by atoms with E-state index in [4.69, 9.17) is 0 Å². The molecular weight excluding hydrogens is 474 g/mol. The molecule has 0 radical (unpaired) electrons. The van der Waals surface area contributed by atoms with Crippen molar-refractivity contribution in [3.05, 3.63) is 100 Å². The third-order valence-electron chi connectivity index (χ3n) is 5.63. The summed E-state index contributed by atoms with van der Waals surface area (Å²) in [5.41, 5.74) is -1.56. The quantitative estimate of drug-likeness (QED) is 0.445. The molecule has 1 aliphatic heterocycles. The van der Waals surface area contributed by atoms with Crippen LogP contribution in [0.2, 0.25) is 0 Å². The molecule has 3 aromatic carbocycles. The van der Waals surface area contributed by atoms with E-state index in [9.17, 15) is 35.9 Å². The van der Waals surface area contributed by atoms with Crippen LogP contribution in [0.5, 0.6) is 0 Å². The summed E-state index contributed by atoms with van der Waals surface area (Å²) in [5.74, 6) is -1.29. The third kappa shape index (κ3) is 5.47. The number of anilines is 1. The molecule has 0 fully saturated rings. The van der Waals surface area contributed by atoms with Crippen molar-refractivity contribution in [2.24, 2.45) is 0 Å². The van der Waals surface area contributed by atoms with Crippen molar-refractivity contribution >= 4 is 17.5 Å². The number of hydrogen-bond acceptors (Lipinski definition) is 2. The molecule has 0 saturated heterocycles. The number of hydrogen-bond donors (Lipinski definition) is 1. The van der Waals surface area contributed by atoms with Gasteiger partial charge >= 0.3 is 12.4 Å². The molecule has 3 aromatic rings. The minimum atomic E-state index is -5.06. The van der Waals surface area contributed by atoms with Gasteiger partial charge in [-0.25, -0.2) is 0 Å². The molecule has 0 spiro atoms. The molecule has 1 aliphatic rings. The van der Waals surface area contributed by atoms with Crippen LogP contribution in [0.15, 0.2) is 66.7 Å². The van der Waals surface area contributed by atoms with Gasteiger partial charge < -0.3 is 10.2 Å². The minimum absolute atomic E-state index is 0.0337. The number of carbonyl (C=O) groups excluding carboxylic acids is 2. The Morgan fingerprint density at radius 3 is 1.97 bits per heavy atom. The second-order valence-corrected chi connectivity index (χ2v) is 8.07. The molecule has 10 heteroatoms. The summed E-state index contributed by atoms with van der Waals surface area (Å²) in [6.07, 6.45) is -9.56. The van der Waals surface area contributed by atoms with E-state index in [0.29, 0.717) is 30.7 Å². The average Bonchev–Trinajstić information content (AvgIpc) is 2.82. The van der Waals surface area contributed by atoms with Crippen molar-refractivity contribution < 1.29 is 35.9 Å². The van der Waals surface area contributed by atoms with Crippen LogP contribution in [0.1, 0.15) is 43.0 Å². The molecule has 182 valence electrons. The van der Waals surface area contributed by atoms with Gasteiger partial charge in [-0.05, 0) is 60.0 Å². The zero-order valence-electron chi connectivity index (χ0n) is 18.0. The molecule has 0 atom stereocenters. The van der Waals surface area contributed by atoms with Gasteiger partial charge in [-0.1, -0.05) is 24.3 Å². The Morgan fingerprint density at radius 2 is 1.37 bits per heavy atom. The lowest BCUT2D eigenvalue weighted by Crippen LogP contribution is -2.36. The molecule has 4 nitrogen and oxygen atoms in total. The van der Waals surface area contributed by atoms with Crippen LogP contribution in [0.25, 0.3) is 0 Å². The molecule has 1 N–H and O–H groups in total. The van der Waals surface area contributed by atoms with Crippen LogP contribution in [-0.2, 0) is 25.3 Å². The number of rotatable bonds is 3. The standard InChI is InChI=1S/C25H18F6N2O2/c26-24(27,28)19-10-17(11-20(13-19)25(29,30)31)22(34)32-21-7-6-15-8-9-33(14-18(15)12-21)23(35)16-4-2-1-3-5-16/h1-7,10-13H,8-9,14H2,(H,32,34). The van der Waals surface area contributed by atoms with Gasteiger partial charge in [-0.3, -0.25) is 9.59 Å². The van der Waals surface area contributed by atoms with Crippen molar-refractivity contribution in [3.63, 3.8) is 0 Å². The van der Waals surface area contributed by atoms with Crippen LogP contribution >= 0.6 is 0 Å². The Labute approximate surface area is 196 Å². The molecule has 0 unspecified atom stereocenters. The van der Waals surface area contributed by atoms with Crippen molar-refractivity contribution in [1.82, 2.24) is 4.90 Å². The van der Waals surface area contributed by atoms with Gasteiger partial charge in [0.25, 0.3) is 11.8 Å². The first kappa shape index (κ1) is 24.3. The van der Waals surface area contributed by atoms with Crippen LogP contribution in [-0.4, -0.2) is 23.3 Å². The minimum Gasteiger partial charge on any atom is -0.334 e. The van der Waals surface area contributed by atoms with Gasteiger partial charge in [0.1, 0.15) is 0 Å². The van der Waals surface area contributed by atoms with Gasteiger partial charge in [0, 0.05) is 29.9 Å². The molecule has 1 heterocycles. The van der Waals surface area contributed by atoms with Gasteiger partial charge in [0.15, 0.2) is 0 Å². The predicted molar refractivity (Wildman–Crippen MR) is 116 cm³/mol. The smallest absolute Gasteiger partial charge is 0.334 e. The Kier molecular flexibility index (Phi) is 6.31. The molecule has 35 heavy (non-hydrogen) atoms. The van der Waals surface area contributed by atoms with Crippen molar-refractivity contribution in [2.45, 2.75) is 25.3 Å². The summed E-state index contributed by atoms with van der Waals surface area (Å²) in [4.78, 5) is 27.0. The maximum atomic E-state index is 13.1. The van der Waals surface area contributed by atoms with Gasteiger partial charge in [-0.2, -0.15) is 26.3 Å². The fourth-order valence-electron chi connectivity index (χ4n) is 3.86. The summed E-state index contributed by atoms with van der Waals surface area (Å²) >= 11 is 0. The summed E-state index contributed by atoms with van der Waals surface area (Å²) in [6, 6.07) is 14.2. The van der Waals surface area contributed by atoms with Crippen LogP contribution in [0.4, 0.5) is 32.0 Å². The maximum Gasteiger partial charge on any atom is 0.416 e. The first-order valence-corrected chi connectivity index (χ1v) is 10.5. The Hall–Kier alpha value is -3.82. The first-order chi connectivity index (χ1) is 16.4. The van der Waals surface area contributed by atoms with Crippen molar-refractivity contribution in [1.29, 1.82) is 0 Å². The zero-order valence-corrected chi connectivity index (χ0v) is 18.0. The van der Waals surface area contributed by atoms with E-state index in [1.54, 1.807) is 47.4 Å². The maximum absolute atomic E-state index is 13.1. The largest absolute Gasteiger partial charge is 0.416 e. The fraction of sp³-hybridized carbons (Fsp3) is 0.200. The van der Waals surface area contributed by atoms with E-state index >= 15 is 0 Å². The molecule has 0 aliphatic carbocycles. The lowest BCUT2D eigenvalue weighted by molar-refractivity contribution is -0.143. The lowest BCUT2D eigenvalue weighted by atomic mass is 9.98. The number of halogens is 6. The van der Waals surface area contributed by atoms with Gasteiger partial charge in [-0.15, -0.1) is 0 Å². The Bertz CT molecular complexity index is 1240. The number of benzene rings is 3. The second kappa shape index (κ2) is 9.09. The summed E-state index contributed by atoms with van der Waals surface area (Å²) in [6.45, 7) is 0.728. The fourth-order valence-corrected chi connectivity index (χ4v) is 3.86. The zero-order chi connectivity index (χ0) is 25.4. The summed E-state index contributed by atoms with van der Waals surface area (Å²) in [5, 5.41) is 2.36. The number of nitrogens with zero attached hydrogens (tertiary/aromatic N) is 1. The number of alkyl halides is 6. The van der Waals surface area contributed by atoms with Crippen molar-refractivity contribution in [2.75, 3.05) is 11.9 Å². The number of amides is 2. The molecule has 0 saturated carbocycles. The monoisotopic (exact) mass is 492 g/mol. The predicted octanol–water partition coefficient (Wildman–Crippen LogP) is 6.18. The van der Waals surface area contributed by atoms with E-state index in [1.807, 2.05) is 0 Å². The molecule has 0 aromatic heterocycles. The Morgan fingerprint density at radius 1 is 0.743 bits per heavy atom. The Balaban J connectivity index is 1.56. The van der Waals surface area contributed by atoms with Crippen LogP contribution in [0, 0.1) is 0 Å². The number of nitrogens with one attached hydrogen (secondary N) is 1. The second-order valence-electron chi connectivity index (χ2n) is 8.07. The molecular formula is C25H18F6N2O2. The SMILES string of the molecule is O=C(Nc1ccc2c(c1)CN(C(=O)c1ccccc1)CC2)c1cc(C(F)(F)F)cc(C(F)(F)F)c1. The first-order valence-electron chi connectivity index (χ1n) is 10.5. The molecule has 0 bridgehead atoms. The average molecular weight is 492 g/mol. The molecule has 4 rings (SSSR count). The normalized spacial score (nSPS) is 13.8. The van der Waals surface area contributed by atoms with E-state index in [1.165, 1.54) is 6.07 Å². The number of carbonyl (C=O) groups is 2. The molecule has 2 amide bonds. The van der Waals surface area contributed by atoms with Crippen LogP contribution in [0.3, 0.4) is 0 Å². The van der Waals surface area contributed by atoms with Gasteiger partial charge in [0.05, 0.1) is 11.1 Å². The highest BCUT2D eigenvalue weighted by molar-refractivity contribution is 6.04. The van der Waals surface area contributed by atoms with E-state index < -0.39 is 35.0 Å². The topological polar surface area (TPSA) is 49.4 Å². The number of fused-ring (bicyclic) bond motifs is 1.